The van der Waals surface area contributed by atoms with Crippen molar-refractivity contribution < 1.29 is 14.3 Å². The Bertz CT molecular complexity index is 1580. The normalized spacial score (nSPS) is 16.7. The molecule has 1 amide bonds. The largest absolute Gasteiger partial charge is 0.467 e. The van der Waals surface area contributed by atoms with Gasteiger partial charge in [0, 0.05) is 40.6 Å². The third-order valence-electron chi connectivity index (χ3n) is 6.97. The number of aromatic amines is 1. The third-order valence-corrected chi connectivity index (χ3v) is 7.20. The summed E-state index contributed by atoms with van der Waals surface area (Å²) in [7, 11) is 3.14. The first-order valence-electron chi connectivity index (χ1n) is 13.5. The monoisotopic (exact) mass is 604 g/mol. The lowest BCUT2D eigenvalue weighted by Gasteiger charge is -2.22. The molecule has 4 rings (SSSR count). The number of hydrazine groups is 1. The first kappa shape index (κ1) is 30.9. The van der Waals surface area contributed by atoms with Gasteiger partial charge in [-0.05, 0) is 55.3 Å². The van der Waals surface area contributed by atoms with Gasteiger partial charge in [-0.15, -0.1) is 0 Å². The van der Waals surface area contributed by atoms with Crippen LogP contribution in [0.25, 0.3) is 17.3 Å². The molecule has 14 heteroatoms. The number of carbonyl (C=O) groups excluding carboxylic acids is 2. The number of nitrogens with one attached hydrogen (secondary N) is 4. The number of hydrazone groups is 1. The number of fused-ring (bicyclic) bond motifs is 4. The summed E-state index contributed by atoms with van der Waals surface area (Å²) in [6, 6.07) is 11.5. The number of imidazole rings is 1. The van der Waals surface area contributed by atoms with Crippen LogP contribution in [0.3, 0.4) is 0 Å². The molecular formula is C29H33ClN10O3. The number of nitrogens with zero attached hydrogens (tertiary/aromatic N) is 4. The molecule has 2 bridgehead atoms. The topological polar surface area (TPSA) is 200 Å². The predicted molar refractivity (Wildman–Crippen MR) is 167 cm³/mol. The molecule has 0 radical (unpaired) electrons. The minimum atomic E-state index is -0.617. The Balaban J connectivity index is 1.68. The summed E-state index contributed by atoms with van der Waals surface area (Å²) < 4.78 is 5.05. The lowest BCUT2D eigenvalue weighted by Crippen LogP contribution is -2.31. The maximum Gasteiger partial charge on any atom is 0.328 e. The van der Waals surface area contributed by atoms with Crippen LogP contribution in [-0.4, -0.2) is 48.4 Å². The number of nitrogens with two attached hydrogens (primary N) is 2. The zero-order valence-corrected chi connectivity index (χ0v) is 24.5. The number of methoxy groups -OCH3 is 1. The minimum absolute atomic E-state index is 0.229. The van der Waals surface area contributed by atoms with Crippen molar-refractivity contribution >= 4 is 53.0 Å². The number of carbonyl (C=O) groups is 2. The highest BCUT2D eigenvalue weighted by molar-refractivity contribution is 6.30. The number of ether oxygens (including phenoxy) is 1. The first-order chi connectivity index (χ1) is 20.8. The zero-order chi connectivity index (χ0) is 30.9. The number of aromatic nitrogens is 2. The van der Waals surface area contributed by atoms with Gasteiger partial charge in [0.05, 0.1) is 18.8 Å². The average molecular weight is 605 g/mol. The van der Waals surface area contributed by atoms with Gasteiger partial charge in [0.2, 0.25) is 5.91 Å². The maximum atomic E-state index is 13.2. The van der Waals surface area contributed by atoms with Crippen molar-refractivity contribution in [2.24, 2.45) is 16.8 Å². The minimum Gasteiger partial charge on any atom is -0.467 e. The summed E-state index contributed by atoms with van der Waals surface area (Å²) in [6.07, 6.45) is 6.49. The molecule has 8 N–H and O–H groups in total. The molecule has 224 valence electrons. The predicted octanol–water partition coefficient (Wildman–Crippen LogP) is 3.62. The summed E-state index contributed by atoms with van der Waals surface area (Å²) in [4.78, 5) is 33.7. The van der Waals surface area contributed by atoms with E-state index < -0.39 is 24.0 Å². The van der Waals surface area contributed by atoms with Gasteiger partial charge in [0.25, 0.3) is 0 Å². The lowest BCUT2D eigenvalue weighted by molar-refractivity contribution is -0.141. The molecular weight excluding hydrogens is 572 g/mol. The summed E-state index contributed by atoms with van der Waals surface area (Å²) >= 11 is 6.17. The van der Waals surface area contributed by atoms with Crippen molar-refractivity contribution in [3.63, 3.8) is 0 Å². The fourth-order valence-electron chi connectivity index (χ4n) is 4.82. The molecule has 2 heterocycles. The number of halogens is 1. The molecule has 0 saturated carbocycles. The van der Waals surface area contributed by atoms with E-state index in [1.807, 2.05) is 18.2 Å². The molecule has 1 aromatic heterocycles. The van der Waals surface area contributed by atoms with E-state index in [0.717, 1.165) is 5.69 Å². The Hall–Kier alpha value is -5.06. The fourth-order valence-corrected chi connectivity index (χ4v) is 5.01. The van der Waals surface area contributed by atoms with Crippen LogP contribution in [0.4, 0.5) is 17.1 Å². The second kappa shape index (κ2) is 14.2. The number of hydrogen-bond donors (Lipinski definition) is 6. The van der Waals surface area contributed by atoms with Crippen LogP contribution in [0.15, 0.2) is 47.6 Å². The molecule has 3 aromatic rings. The molecule has 13 nitrogen and oxygen atoms in total. The number of amides is 1. The van der Waals surface area contributed by atoms with Gasteiger partial charge in [0.15, 0.2) is 0 Å². The van der Waals surface area contributed by atoms with E-state index >= 15 is 0 Å². The van der Waals surface area contributed by atoms with Gasteiger partial charge >= 0.3 is 5.97 Å². The molecule has 1 aliphatic rings. The summed E-state index contributed by atoms with van der Waals surface area (Å²) in [6.45, 7) is 0. The first-order valence-corrected chi connectivity index (χ1v) is 13.9. The highest BCUT2D eigenvalue weighted by atomic mass is 35.5. The summed E-state index contributed by atoms with van der Waals surface area (Å²) in [5.41, 5.74) is 3.77. The SMILES string of the molecule is CNc1ccc2c(c1)N[C@@H](C(=O)OC)CCCCC(NC(=O)/C=C/c1cc(Cl)ccc1N(N)/C=N\N)c1nc-2c(C#N)[nH]1. The Morgan fingerprint density at radius 2 is 2.05 bits per heavy atom. The van der Waals surface area contributed by atoms with Gasteiger partial charge in [0.1, 0.15) is 35.7 Å². The number of hydrogen-bond acceptors (Lipinski definition) is 10. The van der Waals surface area contributed by atoms with Crippen LogP contribution in [0.1, 0.15) is 48.8 Å². The van der Waals surface area contributed by atoms with E-state index in [0.29, 0.717) is 64.7 Å². The number of nitriles is 1. The van der Waals surface area contributed by atoms with E-state index in [1.165, 1.54) is 24.5 Å². The fraction of sp³-hybridized carbons (Fsp3) is 0.276. The number of benzene rings is 2. The van der Waals surface area contributed by atoms with E-state index in [4.69, 9.17) is 33.0 Å². The quantitative estimate of drug-likeness (QED) is 0.0577. The summed E-state index contributed by atoms with van der Waals surface area (Å²) in [5, 5.41) is 24.4. The number of rotatable bonds is 7. The van der Waals surface area contributed by atoms with Gasteiger partial charge in [-0.2, -0.15) is 10.4 Å². The van der Waals surface area contributed by atoms with Crippen LogP contribution in [0.5, 0.6) is 0 Å². The van der Waals surface area contributed by atoms with E-state index in [9.17, 15) is 14.9 Å². The van der Waals surface area contributed by atoms with Crippen molar-refractivity contribution in [2.75, 3.05) is 29.8 Å². The smallest absolute Gasteiger partial charge is 0.328 e. The molecule has 43 heavy (non-hydrogen) atoms. The molecule has 0 aliphatic carbocycles. The van der Waals surface area contributed by atoms with E-state index in [1.54, 1.807) is 31.3 Å². The van der Waals surface area contributed by atoms with E-state index in [2.05, 4.69) is 32.1 Å². The lowest BCUT2D eigenvalue weighted by atomic mass is 10.0. The van der Waals surface area contributed by atoms with Gasteiger partial charge < -0.3 is 31.5 Å². The van der Waals surface area contributed by atoms with Crippen LogP contribution in [0.2, 0.25) is 5.02 Å². The molecule has 1 unspecified atom stereocenters. The molecule has 0 spiro atoms. The Kier molecular flexibility index (Phi) is 10.2. The Morgan fingerprint density at radius 3 is 2.77 bits per heavy atom. The van der Waals surface area contributed by atoms with Crippen LogP contribution in [-0.2, 0) is 14.3 Å². The zero-order valence-electron chi connectivity index (χ0n) is 23.7. The molecule has 1 aliphatic heterocycles. The average Bonchev–Trinajstić information content (AvgIpc) is 3.44. The van der Waals surface area contributed by atoms with Crippen molar-refractivity contribution in [1.29, 1.82) is 5.26 Å². The van der Waals surface area contributed by atoms with Crippen molar-refractivity contribution in [3.8, 4) is 17.3 Å². The third kappa shape index (κ3) is 7.42. The maximum absolute atomic E-state index is 13.2. The Labute approximate surface area is 253 Å². The highest BCUT2D eigenvalue weighted by Gasteiger charge is 2.26. The molecule has 2 aromatic carbocycles. The highest BCUT2D eigenvalue weighted by Crippen LogP contribution is 2.35. The van der Waals surface area contributed by atoms with Gasteiger partial charge in [-0.25, -0.2) is 15.6 Å². The standard InChI is InChI=1S/C29H33ClN10O3/c1-34-19-9-10-20-23(14-19)36-22(29(42)43-2)6-4-3-5-21(28-38-24(15-31)27(20)39-28)37-26(41)12-7-17-13-18(30)8-11-25(17)40(33)16-35-32/h7-14,16,21-22,34,36H,3-6,32-33H2,1-2H3,(H,37,41)(H,38,39)/b12-7+,35-16-/t21?,22-/m1/s1. The number of esters is 1. The van der Waals surface area contributed by atoms with Gasteiger partial charge in [-0.3, -0.25) is 9.80 Å². The van der Waals surface area contributed by atoms with Crippen LogP contribution >= 0.6 is 11.6 Å². The van der Waals surface area contributed by atoms with E-state index in [-0.39, 0.29) is 5.69 Å². The second-order valence-electron chi connectivity index (χ2n) is 9.74. The van der Waals surface area contributed by atoms with Gasteiger partial charge in [-0.1, -0.05) is 24.4 Å². The summed E-state index contributed by atoms with van der Waals surface area (Å²) in [5.74, 6) is 10.9. The van der Waals surface area contributed by atoms with Crippen molar-refractivity contribution in [3.05, 3.63) is 64.6 Å². The number of anilines is 3. The Morgan fingerprint density at radius 1 is 1.26 bits per heavy atom. The van der Waals surface area contributed by atoms with Crippen molar-refractivity contribution in [2.45, 2.75) is 37.8 Å². The molecule has 0 saturated heterocycles. The van der Waals surface area contributed by atoms with Crippen LogP contribution < -0.4 is 32.6 Å². The van der Waals surface area contributed by atoms with Crippen molar-refractivity contribution in [1.82, 2.24) is 15.3 Å². The van der Waals surface area contributed by atoms with Crippen LogP contribution in [0, 0.1) is 11.3 Å². The molecule has 0 fully saturated rings. The second-order valence-corrected chi connectivity index (χ2v) is 10.2. The number of H-pyrrole nitrogens is 1. The molecule has 2 atom stereocenters.